The Morgan fingerprint density at radius 3 is 2.23 bits per heavy atom. The summed E-state index contributed by atoms with van der Waals surface area (Å²) in [5.74, 6) is -0.0720. The summed E-state index contributed by atoms with van der Waals surface area (Å²) in [6.07, 6.45) is 1.36. The van der Waals surface area contributed by atoms with Gasteiger partial charge >= 0.3 is 0 Å². The lowest BCUT2D eigenvalue weighted by molar-refractivity contribution is -0.134. The van der Waals surface area contributed by atoms with E-state index in [1.165, 1.54) is 0 Å². The van der Waals surface area contributed by atoms with E-state index in [2.05, 4.69) is 12.1 Å². The van der Waals surface area contributed by atoms with Gasteiger partial charge < -0.3 is 4.80 Å². The van der Waals surface area contributed by atoms with Gasteiger partial charge in [0.2, 0.25) is 5.91 Å². The van der Waals surface area contributed by atoms with Crippen LogP contribution >= 0.6 is 0 Å². The van der Waals surface area contributed by atoms with E-state index >= 15 is 0 Å². The number of hydrogen-bond acceptors (Lipinski definition) is 3. The highest BCUT2D eigenvalue weighted by molar-refractivity contribution is 6.69. The molecule has 1 N–H and O–H groups in total. The molecule has 0 fully saturated rings. The standard InChI is InChI=1S/C21H26N2O2Si/c1-17(24)23-21(14-15-26(2,3)25,19-12-8-5-9-13-19)16-20(22-23)18-10-6-4-7-11-18/h4-13,25H,14-16H2,1-3H3. The number of nitrogens with zero attached hydrogens (tertiary/aromatic N) is 2. The largest absolute Gasteiger partial charge is 0.432 e. The first-order valence-corrected chi connectivity index (χ1v) is 12.2. The van der Waals surface area contributed by atoms with Gasteiger partial charge in [0.05, 0.1) is 11.3 Å². The average molecular weight is 367 g/mol. The van der Waals surface area contributed by atoms with Gasteiger partial charge in [-0.15, -0.1) is 0 Å². The van der Waals surface area contributed by atoms with E-state index in [1.54, 1.807) is 11.9 Å². The first-order chi connectivity index (χ1) is 12.3. The first kappa shape index (κ1) is 18.5. The summed E-state index contributed by atoms with van der Waals surface area (Å²) in [4.78, 5) is 22.9. The smallest absolute Gasteiger partial charge is 0.240 e. The summed E-state index contributed by atoms with van der Waals surface area (Å²) in [5.41, 5.74) is 2.49. The maximum atomic E-state index is 12.5. The van der Waals surface area contributed by atoms with Crippen LogP contribution in [0.25, 0.3) is 0 Å². The molecular weight excluding hydrogens is 340 g/mol. The number of carbonyl (C=O) groups excluding carboxylic acids is 1. The molecule has 1 aliphatic heterocycles. The highest BCUT2D eigenvalue weighted by Gasteiger charge is 2.47. The van der Waals surface area contributed by atoms with Gasteiger partial charge in [-0.2, -0.15) is 5.10 Å². The summed E-state index contributed by atoms with van der Waals surface area (Å²) in [5, 5.41) is 6.37. The van der Waals surface area contributed by atoms with Crippen LogP contribution < -0.4 is 0 Å². The molecule has 0 radical (unpaired) electrons. The van der Waals surface area contributed by atoms with Crippen molar-refractivity contribution in [2.45, 2.75) is 44.4 Å². The third-order valence-corrected chi connectivity index (χ3v) is 6.43. The SMILES string of the molecule is CC(=O)N1N=C(c2ccccc2)CC1(CC[Si](C)(C)O)c1ccccc1. The molecule has 1 aliphatic rings. The minimum atomic E-state index is -2.26. The predicted octanol–water partition coefficient (Wildman–Crippen LogP) is 4.13. The maximum absolute atomic E-state index is 12.5. The second-order valence-corrected chi connectivity index (χ2v) is 11.8. The monoisotopic (exact) mass is 366 g/mol. The molecule has 26 heavy (non-hydrogen) atoms. The molecule has 0 spiro atoms. The van der Waals surface area contributed by atoms with E-state index in [4.69, 9.17) is 5.10 Å². The van der Waals surface area contributed by atoms with Crippen LogP contribution in [0, 0.1) is 0 Å². The van der Waals surface area contributed by atoms with Crippen LogP contribution in [-0.4, -0.2) is 29.7 Å². The van der Waals surface area contributed by atoms with Gasteiger partial charge in [0.1, 0.15) is 0 Å². The maximum Gasteiger partial charge on any atom is 0.240 e. The van der Waals surface area contributed by atoms with Gasteiger partial charge in [-0.25, -0.2) is 5.01 Å². The predicted molar refractivity (Wildman–Crippen MR) is 107 cm³/mol. The van der Waals surface area contributed by atoms with Crippen molar-refractivity contribution in [2.24, 2.45) is 5.10 Å². The molecule has 3 rings (SSSR count). The van der Waals surface area contributed by atoms with Crippen molar-refractivity contribution in [2.75, 3.05) is 0 Å². The molecule has 0 aromatic heterocycles. The molecule has 0 saturated heterocycles. The van der Waals surface area contributed by atoms with Crippen LogP contribution in [0.1, 0.15) is 30.9 Å². The van der Waals surface area contributed by atoms with Crippen LogP contribution in [0.4, 0.5) is 0 Å². The molecule has 1 amide bonds. The zero-order chi connectivity index (χ0) is 18.8. The Morgan fingerprint density at radius 1 is 1.12 bits per heavy atom. The Kier molecular flexibility index (Phi) is 5.12. The van der Waals surface area contributed by atoms with Gasteiger partial charge in [0.15, 0.2) is 8.32 Å². The van der Waals surface area contributed by atoms with Crippen LogP contribution in [0.15, 0.2) is 65.8 Å². The number of amides is 1. The van der Waals surface area contributed by atoms with Crippen LogP contribution in [0.5, 0.6) is 0 Å². The van der Waals surface area contributed by atoms with Crippen LogP contribution in [0.3, 0.4) is 0 Å². The van der Waals surface area contributed by atoms with Crippen molar-refractivity contribution < 1.29 is 9.59 Å². The molecule has 0 saturated carbocycles. The Morgan fingerprint density at radius 2 is 1.69 bits per heavy atom. The number of carbonyl (C=O) groups is 1. The van der Waals surface area contributed by atoms with Crippen molar-refractivity contribution in [3.63, 3.8) is 0 Å². The van der Waals surface area contributed by atoms with Gasteiger partial charge in [0, 0.05) is 13.3 Å². The van der Waals surface area contributed by atoms with E-state index in [-0.39, 0.29) is 5.91 Å². The number of rotatable bonds is 5. The van der Waals surface area contributed by atoms with Gasteiger partial charge in [0.25, 0.3) is 0 Å². The zero-order valence-corrected chi connectivity index (χ0v) is 16.6. The molecule has 1 heterocycles. The van der Waals surface area contributed by atoms with Gasteiger partial charge in [-0.1, -0.05) is 60.7 Å². The van der Waals surface area contributed by atoms with Gasteiger partial charge in [-0.05, 0) is 36.7 Å². The molecule has 0 bridgehead atoms. The summed E-state index contributed by atoms with van der Waals surface area (Å²) < 4.78 is 0. The van der Waals surface area contributed by atoms with Crippen molar-refractivity contribution in [3.8, 4) is 0 Å². The normalized spacial score (nSPS) is 20.2. The highest BCUT2D eigenvalue weighted by atomic mass is 28.4. The molecule has 2 aromatic carbocycles. The fourth-order valence-corrected chi connectivity index (χ4v) is 4.62. The minimum absolute atomic E-state index is 0.0720. The summed E-state index contributed by atoms with van der Waals surface area (Å²) in [7, 11) is -2.26. The average Bonchev–Trinajstić information content (AvgIpc) is 3.02. The summed E-state index contributed by atoms with van der Waals surface area (Å²) in [6.45, 7) is 5.45. The molecule has 2 aromatic rings. The Hall–Kier alpha value is -2.24. The number of benzene rings is 2. The number of hydrazone groups is 1. The Balaban J connectivity index is 2.06. The van der Waals surface area contributed by atoms with E-state index in [9.17, 15) is 9.59 Å². The quantitative estimate of drug-likeness (QED) is 0.809. The lowest BCUT2D eigenvalue weighted by Gasteiger charge is -2.37. The molecular formula is C21H26N2O2Si. The topological polar surface area (TPSA) is 52.9 Å². The van der Waals surface area contributed by atoms with E-state index in [0.29, 0.717) is 18.9 Å². The second kappa shape index (κ2) is 7.17. The van der Waals surface area contributed by atoms with Crippen molar-refractivity contribution >= 4 is 19.9 Å². The van der Waals surface area contributed by atoms with Crippen LogP contribution in [0.2, 0.25) is 19.1 Å². The first-order valence-electron chi connectivity index (χ1n) is 9.03. The van der Waals surface area contributed by atoms with Crippen molar-refractivity contribution in [1.29, 1.82) is 0 Å². The van der Waals surface area contributed by atoms with E-state index in [0.717, 1.165) is 16.8 Å². The Bertz CT molecular complexity index is 800. The number of hydrogen-bond donors (Lipinski definition) is 1. The third kappa shape index (κ3) is 3.79. The molecule has 136 valence electrons. The second-order valence-electron chi connectivity index (χ2n) is 7.63. The van der Waals surface area contributed by atoms with Gasteiger partial charge in [-0.3, -0.25) is 4.79 Å². The summed E-state index contributed by atoms with van der Waals surface area (Å²) in [6, 6.07) is 20.8. The molecule has 5 heteroatoms. The minimum Gasteiger partial charge on any atom is -0.432 e. The van der Waals surface area contributed by atoms with E-state index < -0.39 is 13.9 Å². The lowest BCUT2D eigenvalue weighted by Crippen LogP contribution is -2.44. The molecule has 0 aliphatic carbocycles. The highest BCUT2D eigenvalue weighted by Crippen LogP contribution is 2.43. The van der Waals surface area contributed by atoms with Crippen LogP contribution in [-0.2, 0) is 10.3 Å². The fraction of sp³-hybridized carbons (Fsp3) is 0.333. The zero-order valence-electron chi connectivity index (χ0n) is 15.6. The third-order valence-electron chi connectivity index (χ3n) is 4.95. The van der Waals surface area contributed by atoms with E-state index in [1.807, 2.05) is 61.6 Å². The molecule has 1 unspecified atom stereocenters. The van der Waals surface area contributed by atoms with Crippen molar-refractivity contribution in [3.05, 3.63) is 71.8 Å². The molecule has 4 nitrogen and oxygen atoms in total. The van der Waals surface area contributed by atoms with Crippen molar-refractivity contribution in [1.82, 2.24) is 5.01 Å². The Labute approximate surface area is 156 Å². The fourth-order valence-electron chi connectivity index (χ4n) is 3.59. The molecule has 1 atom stereocenters. The summed E-state index contributed by atoms with van der Waals surface area (Å²) >= 11 is 0. The lowest BCUT2D eigenvalue weighted by atomic mass is 9.81.